The molecule has 7 nitrogen and oxygen atoms in total. The lowest BCUT2D eigenvalue weighted by Gasteiger charge is -2.18. The van der Waals surface area contributed by atoms with Crippen molar-refractivity contribution in [3.8, 4) is 0 Å². The van der Waals surface area contributed by atoms with Gasteiger partial charge in [-0.25, -0.2) is 22.8 Å². The first-order chi connectivity index (χ1) is 14.8. The highest BCUT2D eigenvalue weighted by atomic mass is 32.2. The average Bonchev–Trinajstić information content (AvgIpc) is 3.23. The average molecular weight is 442 g/mol. The van der Waals surface area contributed by atoms with E-state index in [-0.39, 0.29) is 4.90 Å². The van der Waals surface area contributed by atoms with Gasteiger partial charge in [-0.05, 0) is 74.7 Å². The number of aromatic nitrogens is 2. The maximum absolute atomic E-state index is 13.3. The van der Waals surface area contributed by atoms with Gasteiger partial charge in [0.15, 0.2) is 0 Å². The molecule has 1 aliphatic rings. The zero-order valence-corrected chi connectivity index (χ0v) is 18.2. The zero-order chi connectivity index (χ0) is 22.0. The molecule has 2 heterocycles. The first-order valence-corrected chi connectivity index (χ1v) is 11.6. The minimum atomic E-state index is -3.82. The van der Waals surface area contributed by atoms with Crippen molar-refractivity contribution < 1.29 is 12.8 Å². The van der Waals surface area contributed by atoms with Crippen molar-refractivity contribution >= 4 is 33.0 Å². The van der Waals surface area contributed by atoms with Crippen LogP contribution in [-0.4, -0.2) is 31.5 Å². The van der Waals surface area contributed by atoms with Gasteiger partial charge in [0.2, 0.25) is 0 Å². The standard InChI is InChI=1S/C22H24FN5O2S/c1-15-13-17(23)5-10-20(15)31(29,30)27-19-8-6-18(7-9-19)26-21-14-22(25-16(2)24-21)28-11-3-4-12-28/h5-10,13-14,27H,3-4,11-12H2,1-2H3,(H,24,25,26). The van der Waals surface area contributed by atoms with E-state index in [0.717, 1.165) is 30.7 Å². The maximum atomic E-state index is 13.3. The van der Waals surface area contributed by atoms with Gasteiger partial charge in [0.1, 0.15) is 23.3 Å². The molecule has 2 N–H and O–H groups in total. The lowest BCUT2D eigenvalue weighted by molar-refractivity contribution is 0.598. The van der Waals surface area contributed by atoms with Crippen molar-refractivity contribution in [2.75, 3.05) is 28.0 Å². The number of hydrogen-bond donors (Lipinski definition) is 2. The maximum Gasteiger partial charge on any atom is 0.262 e. The molecule has 2 aromatic carbocycles. The Morgan fingerprint density at radius 3 is 2.29 bits per heavy atom. The number of anilines is 4. The van der Waals surface area contributed by atoms with Gasteiger partial charge >= 0.3 is 0 Å². The third-order valence-electron chi connectivity index (χ3n) is 5.09. The molecule has 1 saturated heterocycles. The summed E-state index contributed by atoms with van der Waals surface area (Å²) in [5, 5.41) is 3.25. The fourth-order valence-electron chi connectivity index (χ4n) is 3.62. The van der Waals surface area contributed by atoms with E-state index in [9.17, 15) is 12.8 Å². The third-order valence-corrected chi connectivity index (χ3v) is 6.63. The van der Waals surface area contributed by atoms with Gasteiger partial charge in [-0.2, -0.15) is 0 Å². The SMILES string of the molecule is Cc1nc(Nc2ccc(NS(=O)(=O)c3ccc(F)cc3C)cc2)cc(N2CCCC2)n1. The second-order valence-corrected chi connectivity index (χ2v) is 9.22. The Kier molecular flexibility index (Phi) is 5.77. The second-order valence-electron chi connectivity index (χ2n) is 7.57. The minimum Gasteiger partial charge on any atom is -0.356 e. The van der Waals surface area contributed by atoms with E-state index in [1.807, 2.05) is 13.0 Å². The summed E-state index contributed by atoms with van der Waals surface area (Å²) in [6.45, 7) is 5.42. The molecule has 0 radical (unpaired) electrons. The zero-order valence-electron chi connectivity index (χ0n) is 17.4. The smallest absolute Gasteiger partial charge is 0.262 e. The van der Waals surface area contributed by atoms with Crippen LogP contribution in [0.5, 0.6) is 0 Å². The highest BCUT2D eigenvalue weighted by Gasteiger charge is 2.18. The van der Waals surface area contributed by atoms with E-state index in [1.165, 1.54) is 25.0 Å². The van der Waals surface area contributed by atoms with Gasteiger partial charge in [-0.1, -0.05) is 0 Å². The van der Waals surface area contributed by atoms with E-state index < -0.39 is 15.8 Å². The normalized spacial score (nSPS) is 14.0. The van der Waals surface area contributed by atoms with Gasteiger partial charge in [0, 0.05) is 30.5 Å². The molecule has 0 bridgehead atoms. The molecule has 0 aliphatic carbocycles. The lowest BCUT2D eigenvalue weighted by Crippen LogP contribution is -2.19. The Morgan fingerprint density at radius 2 is 1.61 bits per heavy atom. The minimum absolute atomic E-state index is 0.0435. The lowest BCUT2D eigenvalue weighted by atomic mass is 10.2. The van der Waals surface area contributed by atoms with Crippen LogP contribution in [0.25, 0.3) is 0 Å². The van der Waals surface area contributed by atoms with E-state index in [2.05, 4.69) is 24.9 Å². The molecule has 0 saturated carbocycles. The first-order valence-electron chi connectivity index (χ1n) is 10.1. The van der Waals surface area contributed by atoms with Gasteiger partial charge in [-0.3, -0.25) is 4.72 Å². The number of nitrogens with zero attached hydrogens (tertiary/aromatic N) is 3. The Balaban J connectivity index is 1.48. The Labute approximate surface area is 181 Å². The molecular weight excluding hydrogens is 417 g/mol. The number of aryl methyl sites for hydroxylation is 2. The highest BCUT2D eigenvalue weighted by Crippen LogP contribution is 2.25. The van der Waals surface area contributed by atoms with Crippen molar-refractivity contribution in [1.29, 1.82) is 0 Å². The number of rotatable bonds is 6. The van der Waals surface area contributed by atoms with Crippen LogP contribution in [-0.2, 0) is 10.0 Å². The molecule has 0 amide bonds. The molecule has 1 fully saturated rings. The molecule has 9 heteroatoms. The van der Waals surface area contributed by atoms with Crippen molar-refractivity contribution in [3.05, 3.63) is 65.7 Å². The van der Waals surface area contributed by atoms with Crippen molar-refractivity contribution in [3.63, 3.8) is 0 Å². The molecule has 1 aromatic heterocycles. The Hall–Kier alpha value is -3.20. The van der Waals surface area contributed by atoms with Crippen LogP contribution >= 0.6 is 0 Å². The van der Waals surface area contributed by atoms with Crippen LogP contribution in [0.15, 0.2) is 53.4 Å². The van der Waals surface area contributed by atoms with Gasteiger partial charge in [-0.15, -0.1) is 0 Å². The summed E-state index contributed by atoms with van der Waals surface area (Å²) in [5.41, 5.74) is 1.52. The fourth-order valence-corrected chi connectivity index (χ4v) is 4.90. The summed E-state index contributed by atoms with van der Waals surface area (Å²) in [5.74, 6) is 1.81. The third kappa shape index (κ3) is 4.93. The second kappa shape index (κ2) is 8.50. The summed E-state index contributed by atoms with van der Waals surface area (Å²) < 4.78 is 41.1. The first kappa shape index (κ1) is 21.0. The van der Waals surface area contributed by atoms with Crippen molar-refractivity contribution in [1.82, 2.24) is 9.97 Å². The number of benzene rings is 2. The number of hydrogen-bond acceptors (Lipinski definition) is 6. The van der Waals surface area contributed by atoms with Crippen LogP contribution in [0, 0.1) is 19.7 Å². The van der Waals surface area contributed by atoms with Crippen LogP contribution in [0.2, 0.25) is 0 Å². The van der Waals surface area contributed by atoms with Crippen LogP contribution in [0.3, 0.4) is 0 Å². The van der Waals surface area contributed by atoms with Crippen LogP contribution < -0.4 is 14.9 Å². The van der Waals surface area contributed by atoms with Crippen molar-refractivity contribution in [2.45, 2.75) is 31.6 Å². The predicted octanol–water partition coefficient (Wildman–Crippen LogP) is 4.38. The van der Waals surface area contributed by atoms with E-state index in [4.69, 9.17) is 0 Å². The molecule has 31 heavy (non-hydrogen) atoms. The molecule has 162 valence electrons. The largest absolute Gasteiger partial charge is 0.356 e. The molecule has 0 spiro atoms. The molecule has 1 aliphatic heterocycles. The monoisotopic (exact) mass is 441 g/mol. The molecular formula is C22H24FN5O2S. The summed E-state index contributed by atoms with van der Waals surface area (Å²) in [6, 6.07) is 12.4. The topological polar surface area (TPSA) is 87.2 Å². The molecule has 3 aromatic rings. The Morgan fingerprint density at radius 1 is 0.935 bits per heavy atom. The van der Waals surface area contributed by atoms with Crippen LogP contribution in [0.1, 0.15) is 24.2 Å². The van der Waals surface area contributed by atoms with Gasteiger partial charge in [0.25, 0.3) is 10.0 Å². The number of sulfonamides is 1. The van der Waals surface area contributed by atoms with E-state index >= 15 is 0 Å². The number of nitrogens with one attached hydrogen (secondary N) is 2. The van der Waals surface area contributed by atoms with E-state index in [1.54, 1.807) is 31.2 Å². The summed E-state index contributed by atoms with van der Waals surface area (Å²) in [4.78, 5) is 11.3. The summed E-state index contributed by atoms with van der Waals surface area (Å²) >= 11 is 0. The highest BCUT2D eigenvalue weighted by molar-refractivity contribution is 7.92. The predicted molar refractivity (Wildman–Crippen MR) is 120 cm³/mol. The van der Waals surface area contributed by atoms with Crippen LogP contribution in [0.4, 0.5) is 27.4 Å². The Bertz CT molecular complexity index is 1190. The van der Waals surface area contributed by atoms with E-state index in [0.29, 0.717) is 22.9 Å². The number of halogens is 1. The molecule has 0 unspecified atom stereocenters. The summed E-state index contributed by atoms with van der Waals surface area (Å²) in [6.07, 6.45) is 2.33. The van der Waals surface area contributed by atoms with Crippen molar-refractivity contribution in [2.24, 2.45) is 0 Å². The van der Waals surface area contributed by atoms with Gasteiger partial charge < -0.3 is 10.2 Å². The summed E-state index contributed by atoms with van der Waals surface area (Å²) in [7, 11) is -3.82. The fraction of sp³-hybridized carbons (Fsp3) is 0.273. The molecule has 4 rings (SSSR count). The van der Waals surface area contributed by atoms with Gasteiger partial charge in [0.05, 0.1) is 4.90 Å². The quantitative estimate of drug-likeness (QED) is 0.590. The molecule has 0 atom stereocenters.